The van der Waals surface area contributed by atoms with Crippen molar-refractivity contribution in [3.05, 3.63) is 23.8 Å². The number of rotatable bonds is 4. The van der Waals surface area contributed by atoms with Crippen LogP contribution in [-0.4, -0.2) is 19.8 Å². The first-order valence-corrected chi connectivity index (χ1v) is 7.92. The number of ether oxygens (including phenoxy) is 2. The third kappa shape index (κ3) is 2.64. The van der Waals surface area contributed by atoms with Gasteiger partial charge in [-0.2, -0.15) is 0 Å². The van der Waals surface area contributed by atoms with E-state index in [9.17, 15) is 0 Å². The molecule has 20 heavy (non-hydrogen) atoms. The number of hydrogen-bond acceptors (Lipinski definition) is 3. The van der Waals surface area contributed by atoms with Crippen molar-refractivity contribution in [2.45, 2.75) is 39.2 Å². The van der Waals surface area contributed by atoms with Gasteiger partial charge in [-0.1, -0.05) is 32.8 Å². The van der Waals surface area contributed by atoms with E-state index < -0.39 is 0 Å². The Morgan fingerprint density at radius 1 is 1.20 bits per heavy atom. The second-order valence-electron chi connectivity index (χ2n) is 6.01. The summed E-state index contributed by atoms with van der Waals surface area (Å²) in [6.07, 6.45) is 4.04. The van der Waals surface area contributed by atoms with Crippen LogP contribution < -0.4 is 14.8 Å². The van der Waals surface area contributed by atoms with Crippen molar-refractivity contribution < 1.29 is 9.47 Å². The summed E-state index contributed by atoms with van der Waals surface area (Å²) in [7, 11) is 0. The minimum absolute atomic E-state index is 0.438. The molecule has 1 saturated carbocycles. The van der Waals surface area contributed by atoms with Crippen LogP contribution in [0.15, 0.2) is 18.2 Å². The van der Waals surface area contributed by atoms with Gasteiger partial charge in [0, 0.05) is 6.04 Å². The lowest BCUT2D eigenvalue weighted by atomic mass is 9.85. The molecule has 3 rings (SSSR count). The molecular formula is C17H25NO2. The molecule has 1 aliphatic carbocycles. The molecule has 0 amide bonds. The van der Waals surface area contributed by atoms with Crippen LogP contribution in [-0.2, 0) is 0 Å². The fourth-order valence-corrected chi connectivity index (χ4v) is 3.66. The van der Waals surface area contributed by atoms with Crippen molar-refractivity contribution in [2.75, 3.05) is 19.8 Å². The van der Waals surface area contributed by atoms with Crippen LogP contribution in [0.4, 0.5) is 0 Å². The molecule has 3 atom stereocenters. The van der Waals surface area contributed by atoms with Crippen molar-refractivity contribution in [3.63, 3.8) is 0 Å². The van der Waals surface area contributed by atoms with Crippen molar-refractivity contribution >= 4 is 0 Å². The highest BCUT2D eigenvalue weighted by atomic mass is 16.6. The number of hydrogen-bond donors (Lipinski definition) is 1. The molecule has 110 valence electrons. The molecular weight excluding hydrogens is 250 g/mol. The van der Waals surface area contributed by atoms with Crippen molar-refractivity contribution in [2.24, 2.45) is 11.8 Å². The van der Waals surface area contributed by atoms with E-state index in [1.807, 2.05) is 0 Å². The highest BCUT2D eigenvalue weighted by Gasteiger charge is 2.32. The smallest absolute Gasteiger partial charge is 0.161 e. The van der Waals surface area contributed by atoms with Crippen LogP contribution in [0.25, 0.3) is 0 Å². The van der Waals surface area contributed by atoms with Crippen LogP contribution in [0.5, 0.6) is 11.5 Å². The lowest BCUT2D eigenvalue weighted by Gasteiger charge is -2.29. The minimum Gasteiger partial charge on any atom is -0.486 e. The first kappa shape index (κ1) is 13.7. The van der Waals surface area contributed by atoms with Crippen molar-refractivity contribution in [3.8, 4) is 11.5 Å². The first-order valence-electron chi connectivity index (χ1n) is 7.92. The molecule has 1 aromatic rings. The normalized spacial score (nSPS) is 26.5. The van der Waals surface area contributed by atoms with Gasteiger partial charge in [0.25, 0.3) is 0 Å². The average molecular weight is 275 g/mol. The van der Waals surface area contributed by atoms with E-state index in [0.717, 1.165) is 29.9 Å². The molecule has 1 aromatic carbocycles. The molecule has 1 aliphatic heterocycles. The highest BCUT2D eigenvalue weighted by molar-refractivity contribution is 5.44. The predicted octanol–water partition coefficient (Wildman–Crippen LogP) is 3.54. The summed E-state index contributed by atoms with van der Waals surface area (Å²) in [6, 6.07) is 6.88. The fraction of sp³-hybridized carbons (Fsp3) is 0.647. The Labute approximate surface area is 121 Å². The van der Waals surface area contributed by atoms with E-state index in [1.54, 1.807) is 0 Å². The van der Waals surface area contributed by atoms with E-state index >= 15 is 0 Å². The largest absolute Gasteiger partial charge is 0.486 e. The maximum Gasteiger partial charge on any atom is 0.161 e. The summed E-state index contributed by atoms with van der Waals surface area (Å²) in [5.74, 6) is 3.32. The zero-order valence-electron chi connectivity index (χ0n) is 12.5. The molecule has 0 saturated heterocycles. The van der Waals surface area contributed by atoms with Crippen molar-refractivity contribution in [1.29, 1.82) is 0 Å². The van der Waals surface area contributed by atoms with Gasteiger partial charge in [0.2, 0.25) is 0 Å². The maximum atomic E-state index is 5.73. The van der Waals surface area contributed by atoms with Gasteiger partial charge >= 0.3 is 0 Å². The van der Waals surface area contributed by atoms with Crippen LogP contribution in [0.1, 0.15) is 44.7 Å². The first-order chi connectivity index (χ1) is 9.79. The highest BCUT2D eigenvalue weighted by Crippen LogP contribution is 2.42. The van der Waals surface area contributed by atoms with Crippen LogP contribution in [0.3, 0.4) is 0 Å². The second-order valence-corrected chi connectivity index (χ2v) is 6.01. The lowest BCUT2D eigenvalue weighted by molar-refractivity contribution is 0.171. The Kier molecular flexibility index (Phi) is 4.16. The quantitative estimate of drug-likeness (QED) is 0.911. The number of fused-ring (bicyclic) bond motifs is 1. The zero-order chi connectivity index (χ0) is 13.9. The molecule has 0 spiro atoms. The molecule has 3 heteroatoms. The van der Waals surface area contributed by atoms with E-state index in [4.69, 9.17) is 9.47 Å². The molecule has 1 N–H and O–H groups in total. The fourth-order valence-electron chi connectivity index (χ4n) is 3.66. The third-order valence-corrected chi connectivity index (χ3v) is 4.71. The summed E-state index contributed by atoms with van der Waals surface area (Å²) in [6.45, 7) is 6.89. The molecule has 0 bridgehead atoms. The lowest BCUT2D eigenvalue weighted by Crippen LogP contribution is -2.29. The summed E-state index contributed by atoms with van der Waals surface area (Å²) in [5.41, 5.74) is 1.34. The van der Waals surface area contributed by atoms with Gasteiger partial charge in [-0.25, -0.2) is 0 Å². The van der Waals surface area contributed by atoms with Gasteiger partial charge in [-0.3, -0.25) is 0 Å². The van der Waals surface area contributed by atoms with Gasteiger partial charge in [0.15, 0.2) is 11.5 Å². The minimum atomic E-state index is 0.438. The summed E-state index contributed by atoms with van der Waals surface area (Å²) in [4.78, 5) is 0. The standard InChI is InChI=1S/C17H25NO2/c1-3-18-17(14-6-4-5-12(14)2)13-7-8-15-16(11-13)20-10-9-19-15/h7-8,11-12,14,17-18H,3-6,9-10H2,1-2H3. The van der Waals surface area contributed by atoms with Crippen LogP contribution in [0.2, 0.25) is 0 Å². The molecule has 1 fully saturated rings. The predicted molar refractivity (Wildman–Crippen MR) is 80.4 cm³/mol. The maximum absolute atomic E-state index is 5.73. The summed E-state index contributed by atoms with van der Waals surface area (Å²) < 4.78 is 11.3. The third-order valence-electron chi connectivity index (χ3n) is 4.71. The Hall–Kier alpha value is -1.22. The monoisotopic (exact) mass is 275 g/mol. The Balaban J connectivity index is 1.87. The summed E-state index contributed by atoms with van der Waals surface area (Å²) >= 11 is 0. The SMILES string of the molecule is CCNC(c1ccc2c(c1)OCCO2)C1CCCC1C. The van der Waals surface area contributed by atoms with E-state index in [0.29, 0.717) is 19.3 Å². The van der Waals surface area contributed by atoms with Gasteiger partial charge in [0.1, 0.15) is 13.2 Å². The molecule has 3 nitrogen and oxygen atoms in total. The average Bonchev–Trinajstić information content (AvgIpc) is 2.90. The number of benzene rings is 1. The Bertz CT molecular complexity index is 460. The Morgan fingerprint density at radius 2 is 2.00 bits per heavy atom. The topological polar surface area (TPSA) is 30.5 Å². The van der Waals surface area contributed by atoms with Gasteiger partial charge in [0.05, 0.1) is 0 Å². The number of nitrogens with one attached hydrogen (secondary N) is 1. The zero-order valence-corrected chi connectivity index (χ0v) is 12.5. The van der Waals surface area contributed by atoms with E-state index in [2.05, 4.69) is 37.4 Å². The van der Waals surface area contributed by atoms with Crippen LogP contribution >= 0.6 is 0 Å². The Morgan fingerprint density at radius 3 is 2.70 bits per heavy atom. The van der Waals surface area contributed by atoms with E-state index in [1.165, 1.54) is 24.8 Å². The molecule has 2 aliphatic rings. The molecule has 3 unspecified atom stereocenters. The van der Waals surface area contributed by atoms with Gasteiger partial charge in [-0.15, -0.1) is 0 Å². The van der Waals surface area contributed by atoms with Crippen molar-refractivity contribution in [1.82, 2.24) is 5.32 Å². The van der Waals surface area contributed by atoms with Gasteiger partial charge in [-0.05, 0) is 42.5 Å². The summed E-state index contributed by atoms with van der Waals surface area (Å²) in [5, 5.41) is 3.68. The molecule has 0 radical (unpaired) electrons. The second kappa shape index (κ2) is 6.04. The molecule has 0 aromatic heterocycles. The van der Waals surface area contributed by atoms with E-state index in [-0.39, 0.29) is 0 Å². The van der Waals surface area contributed by atoms with Crippen LogP contribution in [0, 0.1) is 11.8 Å². The molecule has 1 heterocycles. The van der Waals surface area contributed by atoms with Gasteiger partial charge < -0.3 is 14.8 Å².